The number of guanidine groups is 1. The molecule has 1 aromatic heterocycles. The number of ether oxygens (including phenoxy) is 2. The van der Waals surface area contributed by atoms with Crippen molar-refractivity contribution in [3.05, 3.63) is 24.2 Å². The monoisotopic (exact) mass is 404 g/mol. The Balaban J connectivity index is 1.30. The van der Waals surface area contributed by atoms with E-state index >= 15 is 0 Å². The van der Waals surface area contributed by atoms with Gasteiger partial charge in [-0.1, -0.05) is 0 Å². The van der Waals surface area contributed by atoms with Gasteiger partial charge in [-0.25, -0.2) is 0 Å². The van der Waals surface area contributed by atoms with E-state index in [4.69, 9.17) is 18.9 Å². The minimum Gasteiger partial charge on any atom is -0.469 e. The zero-order valence-electron chi connectivity index (χ0n) is 17.6. The molecule has 7 heteroatoms. The zero-order valence-corrected chi connectivity index (χ0v) is 17.6. The van der Waals surface area contributed by atoms with Gasteiger partial charge in [0.05, 0.1) is 32.1 Å². The Bertz CT molecular complexity index is 610. The summed E-state index contributed by atoms with van der Waals surface area (Å²) in [6.45, 7) is 9.68. The average molecular weight is 405 g/mol. The van der Waals surface area contributed by atoms with Gasteiger partial charge in [0.1, 0.15) is 5.76 Å². The quantitative estimate of drug-likeness (QED) is 0.554. The fourth-order valence-corrected chi connectivity index (χ4v) is 4.48. The molecule has 0 spiro atoms. The second-order valence-corrected chi connectivity index (χ2v) is 8.42. The number of rotatable bonds is 7. The molecule has 3 aliphatic rings. The van der Waals surface area contributed by atoms with Gasteiger partial charge in [-0.15, -0.1) is 0 Å². The molecule has 3 aliphatic heterocycles. The predicted octanol–water partition coefficient (Wildman–Crippen LogP) is 1.99. The predicted molar refractivity (Wildman–Crippen MR) is 113 cm³/mol. The van der Waals surface area contributed by atoms with E-state index in [1.165, 1.54) is 25.8 Å². The lowest BCUT2D eigenvalue weighted by Gasteiger charge is -2.29. The number of nitrogens with zero attached hydrogens (tertiary/aromatic N) is 3. The molecule has 0 radical (unpaired) electrons. The molecule has 0 aliphatic carbocycles. The molecular weight excluding hydrogens is 368 g/mol. The summed E-state index contributed by atoms with van der Waals surface area (Å²) in [5.74, 6) is 2.75. The lowest BCUT2D eigenvalue weighted by Crippen LogP contribution is -2.43. The highest BCUT2D eigenvalue weighted by Gasteiger charge is 2.27. The smallest absolute Gasteiger partial charge is 0.194 e. The van der Waals surface area contributed by atoms with Crippen molar-refractivity contribution >= 4 is 5.96 Å². The molecule has 0 saturated carbocycles. The van der Waals surface area contributed by atoms with E-state index in [0.29, 0.717) is 5.92 Å². The molecule has 3 saturated heterocycles. The third kappa shape index (κ3) is 6.46. The van der Waals surface area contributed by atoms with E-state index in [9.17, 15) is 0 Å². The van der Waals surface area contributed by atoms with E-state index < -0.39 is 0 Å². The first-order chi connectivity index (χ1) is 14.4. The molecule has 0 bridgehead atoms. The third-order valence-electron chi connectivity index (χ3n) is 6.16. The molecule has 2 atom stereocenters. The average Bonchev–Trinajstić information content (AvgIpc) is 3.44. The summed E-state index contributed by atoms with van der Waals surface area (Å²) in [6.07, 6.45) is 7.69. The van der Waals surface area contributed by atoms with Crippen LogP contribution in [-0.4, -0.2) is 87.5 Å². The maximum Gasteiger partial charge on any atom is 0.194 e. The number of nitrogens with one attached hydrogen (secondary N) is 1. The molecule has 2 unspecified atom stereocenters. The Kier molecular flexibility index (Phi) is 7.84. The van der Waals surface area contributed by atoms with Gasteiger partial charge in [-0.05, 0) is 43.7 Å². The van der Waals surface area contributed by atoms with Gasteiger partial charge >= 0.3 is 0 Å². The summed E-state index contributed by atoms with van der Waals surface area (Å²) < 4.78 is 16.8. The minimum absolute atomic E-state index is 0.275. The van der Waals surface area contributed by atoms with Gasteiger partial charge in [-0.2, -0.15) is 0 Å². The first-order valence-electron chi connectivity index (χ1n) is 11.3. The summed E-state index contributed by atoms with van der Waals surface area (Å²) in [5, 5.41) is 3.59. The van der Waals surface area contributed by atoms with Gasteiger partial charge in [0.2, 0.25) is 0 Å². The molecule has 29 heavy (non-hydrogen) atoms. The van der Waals surface area contributed by atoms with Crippen molar-refractivity contribution in [2.45, 2.75) is 38.2 Å². The summed E-state index contributed by atoms with van der Waals surface area (Å²) in [4.78, 5) is 9.96. The SMILES string of the molecule is c1coc(CCNC(=NCC2CCCCO2)N2CCC(CN3CCOCC3)C2)c1. The topological polar surface area (TPSA) is 62.5 Å². The Hall–Kier alpha value is -1.57. The third-order valence-corrected chi connectivity index (χ3v) is 6.16. The summed E-state index contributed by atoms with van der Waals surface area (Å²) >= 11 is 0. The van der Waals surface area contributed by atoms with Crippen molar-refractivity contribution < 1.29 is 13.9 Å². The number of morpholine rings is 1. The van der Waals surface area contributed by atoms with Crippen molar-refractivity contribution in [3.8, 4) is 0 Å². The van der Waals surface area contributed by atoms with Gasteiger partial charge in [-0.3, -0.25) is 9.89 Å². The van der Waals surface area contributed by atoms with E-state index in [2.05, 4.69) is 15.1 Å². The Labute approximate surface area is 174 Å². The molecule has 0 aromatic carbocycles. The normalized spacial score (nSPS) is 26.8. The van der Waals surface area contributed by atoms with Gasteiger partial charge < -0.3 is 24.1 Å². The maximum absolute atomic E-state index is 5.89. The lowest BCUT2D eigenvalue weighted by molar-refractivity contribution is 0.0223. The fraction of sp³-hybridized carbons (Fsp3) is 0.773. The van der Waals surface area contributed by atoms with E-state index in [0.717, 1.165) is 83.7 Å². The van der Waals surface area contributed by atoms with E-state index in [1.807, 2.05) is 12.1 Å². The van der Waals surface area contributed by atoms with E-state index in [1.54, 1.807) is 6.26 Å². The Morgan fingerprint density at radius 2 is 2.07 bits per heavy atom. The Morgan fingerprint density at radius 3 is 2.86 bits per heavy atom. The molecule has 3 fully saturated rings. The highest BCUT2D eigenvalue weighted by atomic mass is 16.5. The van der Waals surface area contributed by atoms with Crippen molar-refractivity contribution in [3.63, 3.8) is 0 Å². The number of furan rings is 1. The van der Waals surface area contributed by atoms with E-state index in [-0.39, 0.29) is 6.10 Å². The van der Waals surface area contributed by atoms with Crippen LogP contribution < -0.4 is 5.32 Å². The van der Waals surface area contributed by atoms with Crippen molar-refractivity contribution in [2.24, 2.45) is 10.9 Å². The minimum atomic E-state index is 0.275. The van der Waals surface area contributed by atoms with Crippen molar-refractivity contribution in [1.29, 1.82) is 0 Å². The van der Waals surface area contributed by atoms with Crippen LogP contribution in [0, 0.1) is 5.92 Å². The molecule has 4 heterocycles. The summed E-state index contributed by atoms with van der Waals surface area (Å²) in [5.41, 5.74) is 0. The second-order valence-electron chi connectivity index (χ2n) is 8.42. The van der Waals surface area contributed by atoms with Crippen LogP contribution in [0.15, 0.2) is 27.8 Å². The van der Waals surface area contributed by atoms with Crippen LogP contribution in [0.4, 0.5) is 0 Å². The van der Waals surface area contributed by atoms with Gasteiger partial charge in [0, 0.05) is 52.3 Å². The Morgan fingerprint density at radius 1 is 1.14 bits per heavy atom. The van der Waals surface area contributed by atoms with Crippen molar-refractivity contribution in [2.75, 3.05) is 65.6 Å². The lowest BCUT2D eigenvalue weighted by atomic mass is 10.1. The molecule has 1 N–H and O–H groups in total. The van der Waals surface area contributed by atoms with Crippen molar-refractivity contribution in [1.82, 2.24) is 15.1 Å². The molecule has 0 amide bonds. The molecular formula is C22H36N4O3. The number of hydrogen-bond donors (Lipinski definition) is 1. The van der Waals surface area contributed by atoms with Crippen LogP contribution in [0.25, 0.3) is 0 Å². The number of hydrogen-bond acceptors (Lipinski definition) is 5. The fourth-order valence-electron chi connectivity index (χ4n) is 4.48. The van der Waals surface area contributed by atoms with Crippen LogP contribution in [-0.2, 0) is 15.9 Å². The van der Waals surface area contributed by atoms with Crippen LogP contribution in [0.5, 0.6) is 0 Å². The van der Waals surface area contributed by atoms with Crippen LogP contribution >= 0.6 is 0 Å². The highest BCUT2D eigenvalue weighted by molar-refractivity contribution is 5.80. The second kappa shape index (κ2) is 11.0. The standard InChI is InChI=1S/C22H36N4O3/c1-2-12-29-21(4-1)16-24-22(23-8-6-20-5-3-13-28-20)26-9-7-19(18-26)17-25-10-14-27-15-11-25/h3,5,13,19,21H,1-2,4,6-12,14-18H2,(H,23,24). The summed E-state index contributed by atoms with van der Waals surface area (Å²) in [7, 11) is 0. The molecule has 1 aromatic rings. The van der Waals surface area contributed by atoms with Crippen LogP contribution in [0.2, 0.25) is 0 Å². The summed E-state index contributed by atoms with van der Waals surface area (Å²) in [6, 6.07) is 3.98. The molecule has 4 rings (SSSR count). The molecule has 162 valence electrons. The largest absolute Gasteiger partial charge is 0.469 e. The first kappa shape index (κ1) is 20.7. The first-order valence-corrected chi connectivity index (χ1v) is 11.3. The zero-order chi connectivity index (χ0) is 19.7. The molecule has 7 nitrogen and oxygen atoms in total. The van der Waals surface area contributed by atoms with Crippen LogP contribution in [0.3, 0.4) is 0 Å². The number of aliphatic imine (C=N–C) groups is 1. The van der Waals surface area contributed by atoms with Gasteiger partial charge in [0.15, 0.2) is 5.96 Å². The van der Waals surface area contributed by atoms with Gasteiger partial charge in [0.25, 0.3) is 0 Å². The number of likely N-dealkylation sites (tertiary alicyclic amines) is 1. The van der Waals surface area contributed by atoms with Crippen LogP contribution in [0.1, 0.15) is 31.4 Å². The maximum atomic E-state index is 5.89. The highest BCUT2D eigenvalue weighted by Crippen LogP contribution is 2.19.